The summed E-state index contributed by atoms with van der Waals surface area (Å²) in [5.41, 5.74) is 0.0799. The van der Waals surface area contributed by atoms with Gasteiger partial charge in [-0.3, -0.25) is 0 Å². The maximum absolute atomic E-state index is 13.5. The van der Waals surface area contributed by atoms with Crippen LogP contribution in [0.25, 0.3) is 0 Å². The summed E-state index contributed by atoms with van der Waals surface area (Å²) < 4.78 is 27.0. The number of halogens is 2. The Morgan fingerprint density at radius 3 is 2.14 bits per heavy atom. The molecule has 0 aromatic heterocycles. The minimum Gasteiger partial charge on any atom is -0.189 e. The first kappa shape index (κ1) is 18.3. The third-order valence-corrected chi connectivity index (χ3v) is 6.89. The molecule has 3 aliphatic rings. The molecule has 7 atom stereocenters. The number of rotatable bonds is 3. The van der Waals surface area contributed by atoms with Crippen molar-refractivity contribution in [2.45, 2.75) is 65.1 Å². The Morgan fingerprint density at radius 2 is 1.68 bits per heavy atom. The Kier molecular flexibility index (Phi) is 5.68. The summed E-state index contributed by atoms with van der Waals surface area (Å²) in [7, 11) is 0. The molecular formula is C19H32F2S. The van der Waals surface area contributed by atoms with E-state index < -0.39 is 5.25 Å². The Balaban J connectivity index is 0.000000847. The molecule has 3 saturated carbocycles. The lowest BCUT2D eigenvalue weighted by Crippen LogP contribution is -2.34. The largest absolute Gasteiger partial charge is 0.312 e. The van der Waals surface area contributed by atoms with E-state index in [1.165, 1.54) is 19.3 Å². The summed E-state index contributed by atoms with van der Waals surface area (Å²) in [5.74, 6) is 4.03. The predicted octanol–water partition coefficient (Wildman–Crippen LogP) is 6.44. The van der Waals surface area contributed by atoms with Crippen LogP contribution in [0, 0.1) is 41.4 Å². The third-order valence-electron chi connectivity index (χ3n) is 6.61. The van der Waals surface area contributed by atoms with Crippen molar-refractivity contribution in [3.8, 4) is 0 Å². The van der Waals surface area contributed by atoms with Crippen molar-refractivity contribution in [1.82, 2.24) is 0 Å². The van der Waals surface area contributed by atoms with Crippen LogP contribution >= 0.6 is 12.6 Å². The third kappa shape index (κ3) is 3.25. The average Bonchev–Trinajstić information content (AvgIpc) is 3.13. The minimum absolute atomic E-state index is 0.00426. The smallest absolute Gasteiger partial charge is 0.189 e. The van der Waals surface area contributed by atoms with Gasteiger partial charge >= 0.3 is 5.25 Å². The zero-order valence-electron chi connectivity index (χ0n) is 14.5. The van der Waals surface area contributed by atoms with E-state index in [4.69, 9.17) is 0 Å². The lowest BCUT2D eigenvalue weighted by Gasteiger charge is -2.39. The maximum Gasteiger partial charge on any atom is 0.312 e. The van der Waals surface area contributed by atoms with Crippen LogP contribution in [0.5, 0.6) is 0 Å². The summed E-state index contributed by atoms with van der Waals surface area (Å²) in [6.07, 6.45) is 5.98. The molecule has 0 heterocycles. The molecular weight excluding hydrogens is 298 g/mol. The molecule has 0 saturated heterocycles. The van der Waals surface area contributed by atoms with E-state index in [0.29, 0.717) is 23.7 Å². The second kappa shape index (κ2) is 6.83. The molecule has 0 aromatic carbocycles. The van der Waals surface area contributed by atoms with Crippen LogP contribution in [0.15, 0.2) is 12.2 Å². The van der Waals surface area contributed by atoms with Gasteiger partial charge in [0.2, 0.25) is 0 Å². The van der Waals surface area contributed by atoms with Crippen LogP contribution in [0.1, 0.15) is 59.8 Å². The van der Waals surface area contributed by atoms with Crippen LogP contribution < -0.4 is 0 Å². The molecule has 0 amide bonds. The first-order valence-electron chi connectivity index (χ1n) is 9.08. The predicted molar refractivity (Wildman–Crippen MR) is 93.3 cm³/mol. The fourth-order valence-electron chi connectivity index (χ4n) is 5.67. The average molecular weight is 331 g/mol. The van der Waals surface area contributed by atoms with Crippen LogP contribution in [0.3, 0.4) is 0 Å². The van der Waals surface area contributed by atoms with Gasteiger partial charge in [0, 0.05) is 5.57 Å². The highest BCUT2D eigenvalue weighted by Crippen LogP contribution is 2.62. The molecule has 3 heteroatoms. The van der Waals surface area contributed by atoms with Gasteiger partial charge in [-0.1, -0.05) is 40.7 Å². The molecule has 22 heavy (non-hydrogen) atoms. The second-order valence-electron chi connectivity index (χ2n) is 7.68. The quantitative estimate of drug-likeness (QED) is 0.447. The zero-order chi connectivity index (χ0) is 16.7. The Labute approximate surface area is 140 Å². The van der Waals surface area contributed by atoms with Gasteiger partial charge in [-0.05, 0) is 67.1 Å². The van der Waals surface area contributed by atoms with Gasteiger partial charge in [-0.15, -0.1) is 12.6 Å². The first-order valence-corrected chi connectivity index (χ1v) is 9.53. The highest BCUT2D eigenvalue weighted by atomic mass is 32.1. The number of fused-ring (bicyclic) bond motifs is 2. The fourth-order valence-corrected chi connectivity index (χ4v) is 5.84. The SMILES string of the molecule is C=C(C1CC2CC1C(C1CCC(C)C1)C2C)C(F)(F)S.CC. The molecule has 0 N–H and O–H groups in total. The van der Waals surface area contributed by atoms with Gasteiger partial charge < -0.3 is 0 Å². The lowest BCUT2D eigenvalue weighted by molar-refractivity contribution is 0.0878. The summed E-state index contributed by atoms with van der Waals surface area (Å²) in [6, 6.07) is 0. The van der Waals surface area contributed by atoms with E-state index in [1.54, 1.807) is 0 Å². The fraction of sp³-hybridized carbons (Fsp3) is 0.895. The Morgan fingerprint density at radius 1 is 1.05 bits per heavy atom. The number of alkyl halides is 2. The summed E-state index contributed by atoms with van der Waals surface area (Å²) >= 11 is 3.46. The number of hydrogen-bond acceptors (Lipinski definition) is 1. The van der Waals surface area contributed by atoms with Crippen LogP contribution in [0.2, 0.25) is 0 Å². The molecule has 128 valence electrons. The van der Waals surface area contributed by atoms with Crippen LogP contribution in [-0.2, 0) is 0 Å². The molecule has 0 nitrogen and oxygen atoms in total. The van der Waals surface area contributed by atoms with E-state index in [1.807, 2.05) is 13.8 Å². The van der Waals surface area contributed by atoms with Crippen molar-refractivity contribution in [3.05, 3.63) is 12.2 Å². The van der Waals surface area contributed by atoms with Crippen molar-refractivity contribution in [2.24, 2.45) is 41.4 Å². The number of hydrogen-bond donors (Lipinski definition) is 1. The van der Waals surface area contributed by atoms with Crippen LogP contribution in [-0.4, -0.2) is 5.25 Å². The summed E-state index contributed by atoms with van der Waals surface area (Å²) in [4.78, 5) is 0. The van der Waals surface area contributed by atoms with Crippen molar-refractivity contribution >= 4 is 12.6 Å². The van der Waals surface area contributed by atoms with Gasteiger partial charge in [0.15, 0.2) is 0 Å². The zero-order valence-corrected chi connectivity index (χ0v) is 15.4. The summed E-state index contributed by atoms with van der Waals surface area (Å²) in [6.45, 7) is 12.4. The van der Waals surface area contributed by atoms with Gasteiger partial charge in [0.25, 0.3) is 0 Å². The van der Waals surface area contributed by atoms with E-state index in [-0.39, 0.29) is 11.5 Å². The van der Waals surface area contributed by atoms with E-state index in [2.05, 4.69) is 33.1 Å². The number of thiol groups is 1. The normalized spacial score (nSPS) is 43.9. The first-order chi connectivity index (χ1) is 10.3. The Bertz CT molecular complexity index is 401. The molecule has 0 aromatic rings. The van der Waals surface area contributed by atoms with Crippen molar-refractivity contribution in [1.29, 1.82) is 0 Å². The van der Waals surface area contributed by atoms with Crippen molar-refractivity contribution < 1.29 is 8.78 Å². The summed E-state index contributed by atoms with van der Waals surface area (Å²) in [5, 5.41) is -3.01. The molecule has 2 bridgehead atoms. The molecule has 0 aliphatic heterocycles. The highest BCUT2D eigenvalue weighted by molar-refractivity contribution is 7.81. The monoisotopic (exact) mass is 330 g/mol. The van der Waals surface area contributed by atoms with Gasteiger partial charge in [0.1, 0.15) is 0 Å². The highest BCUT2D eigenvalue weighted by Gasteiger charge is 2.55. The van der Waals surface area contributed by atoms with Gasteiger partial charge in [-0.2, -0.15) is 8.78 Å². The van der Waals surface area contributed by atoms with Gasteiger partial charge in [-0.25, -0.2) is 0 Å². The van der Waals surface area contributed by atoms with E-state index >= 15 is 0 Å². The molecule has 0 spiro atoms. The molecule has 3 fully saturated rings. The van der Waals surface area contributed by atoms with Crippen molar-refractivity contribution in [3.63, 3.8) is 0 Å². The molecule has 7 unspecified atom stereocenters. The van der Waals surface area contributed by atoms with E-state index in [9.17, 15) is 8.78 Å². The molecule has 3 rings (SSSR count). The lowest BCUT2D eigenvalue weighted by atomic mass is 9.67. The maximum atomic E-state index is 13.5. The second-order valence-corrected chi connectivity index (χ2v) is 8.24. The van der Waals surface area contributed by atoms with E-state index in [0.717, 1.165) is 24.7 Å². The van der Waals surface area contributed by atoms with Crippen molar-refractivity contribution in [2.75, 3.05) is 0 Å². The van der Waals surface area contributed by atoms with Gasteiger partial charge in [0.05, 0.1) is 0 Å². The molecule has 0 radical (unpaired) electrons. The standard InChI is InChI=1S/C17H26F2S.C2H6/c1-9-4-5-12(6-9)16-10(2)13-7-14(15(16)8-13)11(3)17(18,19)20;1-2/h9-10,12-16,20H,3-8H2,1-2H3;1-2H3. The minimum atomic E-state index is -3.01. The van der Waals surface area contributed by atoms with Crippen LogP contribution in [0.4, 0.5) is 8.78 Å². The molecule has 3 aliphatic carbocycles. The topological polar surface area (TPSA) is 0 Å². The Hall–Kier alpha value is -0.0500.